The maximum atomic E-state index is 2.49. The van der Waals surface area contributed by atoms with Gasteiger partial charge in [0.1, 0.15) is 0 Å². The third kappa shape index (κ3) is 5.40. The molecule has 11 rings (SSSR count). The van der Waals surface area contributed by atoms with Crippen molar-refractivity contribution in [1.29, 1.82) is 0 Å². The Morgan fingerprint density at radius 3 is 1.59 bits per heavy atom. The van der Waals surface area contributed by atoms with Crippen molar-refractivity contribution in [2.45, 2.75) is 40.0 Å². The number of hydrogen-bond acceptors (Lipinski definition) is 1. The van der Waals surface area contributed by atoms with E-state index in [0.717, 1.165) is 5.69 Å². The van der Waals surface area contributed by atoms with Crippen LogP contribution in [0.15, 0.2) is 176 Å². The molecule has 1 aromatic heterocycles. The van der Waals surface area contributed by atoms with Crippen LogP contribution in [0.3, 0.4) is 0 Å². The van der Waals surface area contributed by atoms with Crippen molar-refractivity contribution in [3.63, 3.8) is 0 Å². The van der Waals surface area contributed by atoms with E-state index in [-0.39, 0.29) is 5.41 Å². The summed E-state index contributed by atoms with van der Waals surface area (Å²) in [5.41, 5.74) is 18.8. The van der Waals surface area contributed by atoms with Crippen LogP contribution >= 0.6 is 0 Å². The predicted octanol–water partition coefficient (Wildman–Crippen LogP) is 15.8. The highest BCUT2D eigenvalue weighted by molar-refractivity contribution is 6.13. The van der Waals surface area contributed by atoms with E-state index in [9.17, 15) is 0 Å². The summed E-state index contributed by atoms with van der Waals surface area (Å²) in [5.74, 6) is 0. The fraction of sp³-hybridized carbons (Fsp3) is 0.107. The molecule has 0 bridgehead atoms. The summed E-state index contributed by atoms with van der Waals surface area (Å²) in [6, 6.07) is 65.6. The van der Waals surface area contributed by atoms with Crippen LogP contribution in [-0.2, 0) is 5.41 Å². The molecule has 0 saturated heterocycles. The molecule has 0 spiro atoms. The number of rotatable bonds is 5. The monoisotopic (exact) mass is 744 g/mol. The molecule has 1 aliphatic rings. The third-order valence-corrected chi connectivity index (χ3v) is 12.5. The van der Waals surface area contributed by atoms with Crippen LogP contribution in [0.5, 0.6) is 0 Å². The molecule has 1 aliphatic carbocycles. The lowest BCUT2D eigenvalue weighted by Gasteiger charge is -2.31. The average Bonchev–Trinajstić information content (AvgIpc) is 3.58. The van der Waals surface area contributed by atoms with E-state index in [4.69, 9.17) is 0 Å². The number of anilines is 3. The molecule has 278 valence electrons. The van der Waals surface area contributed by atoms with Crippen LogP contribution in [0.1, 0.15) is 37.5 Å². The Bertz CT molecular complexity index is 3230. The summed E-state index contributed by atoms with van der Waals surface area (Å²) in [6.45, 7) is 11.4. The zero-order valence-corrected chi connectivity index (χ0v) is 33.6. The van der Waals surface area contributed by atoms with Crippen molar-refractivity contribution >= 4 is 60.4 Å². The summed E-state index contributed by atoms with van der Waals surface area (Å²) >= 11 is 0. The Labute approximate surface area is 340 Å². The van der Waals surface area contributed by atoms with Crippen molar-refractivity contribution in [2.75, 3.05) is 4.90 Å². The number of fused-ring (bicyclic) bond motifs is 9. The summed E-state index contributed by atoms with van der Waals surface area (Å²) < 4.78 is 2.41. The summed E-state index contributed by atoms with van der Waals surface area (Å²) in [7, 11) is 0. The van der Waals surface area contributed by atoms with Crippen molar-refractivity contribution in [3.8, 4) is 39.1 Å². The van der Waals surface area contributed by atoms with E-state index in [2.05, 4.69) is 220 Å². The predicted molar refractivity (Wildman–Crippen MR) is 249 cm³/mol. The highest BCUT2D eigenvalue weighted by atomic mass is 15.1. The van der Waals surface area contributed by atoms with Gasteiger partial charge in [0.25, 0.3) is 0 Å². The molecule has 58 heavy (non-hydrogen) atoms. The van der Waals surface area contributed by atoms with E-state index in [1.807, 2.05) is 0 Å². The van der Waals surface area contributed by atoms with Gasteiger partial charge < -0.3 is 9.47 Å². The van der Waals surface area contributed by atoms with Crippen molar-refractivity contribution in [3.05, 3.63) is 193 Å². The first-order valence-corrected chi connectivity index (χ1v) is 20.4. The molecule has 0 aliphatic heterocycles. The van der Waals surface area contributed by atoms with Gasteiger partial charge in [-0.15, -0.1) is 0 Å². The first kappa shape index (κ1) is 34.4. The number of hydrogen-bond donors (Lipinski definition) is 0. The zero-order valence-electron chi connectivity index (χ0n) is 33.6. The number of aromatic nitrogens is 1. The lowest BCUT2D eigenvalue weighted by Crippen LogP contribution is -2.16. The summed E-state index contributed by atoms with van der Waals surface area (Å²) in [5, 5.41) is 7.59. The topological polar surface area (TPSA) is 8.17 Å². The van der Waals surface area contributed by atoms with E-state index in [1.165, 1.54) is 110 Å². The van der Waals surface area contributed by atoms with E-state index in [1.54, 1.807) is 0 Å². The van der Waals surface area contributed by atoms with Gasteiger partial charge in [-0.05, 0) is 164 Å². The first-order valence-electron chi connectivity index (χ1n) is 20.4. The van der Waals surface area contributed by atoms with Crippen LogP contribution < -0.4 is 4.90 Å². The lowest BCUT2D eigenvalue weighted by atomic mass is 9.78. The maximum Gasteiger partial charge on any atom is 0.0541 e. The minimum Gasteiger partial charge on any atom is -0.310 e. The van der Waals surface area contributed by atoms with Crippen LogP contribution in [0, 0.1) is 13.8 Å². The van der Waals surface area contributed by atoms with Gasteiger partial charge in [0.05, 0.1) is 11.0 Å². The van der Waals surface area contributed by atoms with Crippen molar-refractivity contribution in [1.82, 2.24) is 4.57 Å². The van der Waals surface area contributed by atoms with Crippen LogP contribution in [-0.4, -0.2) is 4.57 Å². The number of benzene rings is 9. The highest BCUT2D eigenvalue weighted by Gasteiger charge is 2.26. The molecule has 2 heteroatoms. The number of nitrogens with zero attached hydrogens (tertiary/aromatic N) is 2. The van der Waals surface area contributed by atoms with Crippen LogP contribution in [0.2, 0.25) is 0 Å². The third-order valence-electron chi connectivity index (χ3n) is 12.5. The molecule has 0 saturated carbocycles. The Hall–Kier alpha value is -6.90. The van der Waals surface area contributed by atoms with Crippen LogP contribution in [0.4, 0.5) is 17.1 Å². The molecule has 0 unspecified atom stereocenters. The molecule has 10 aromatic rings. The lowest BCUT2D eigenvalue weighted by molar-refractivity contribution is 0.590. The van der Waals surface area contributed by atoms with E-state index < -0.39 is 0 Å². The molecule has 0 amide bonds. The zero-order chi connectivity index (χ0) is 39.3. The van der Waals surface area contributed by atoms with Crippen LogP contribution in [0.25, 0.3) is 82.4 Å². The largest absolute Gasteiger partial charge is 0.310 e. The van der Waals surface area contributed by atoms with Gasteiger partial charge in [0, 0.05) is 33.5 Å². The van der Waals surface area contributed by atoms with Gasteiger partial charge in [-0.1, -0.05) is 124 Å². The van der Waals surface area contributed by atoms with Gasteiger partial charge in [-0.2, -0.15) is 0 Å². The fourth-order valence-corrected chi connectivity index (χ4v) is 9.26. The van der Waals surface area contributed by atoms with Gasteiger partial charge >= 0.3 is 0 Å². The molecule has 1 heterocycles. The average molecular weight is 745 g/mol. The normalized spacial score (nSPS) is 12.2. The maximum absolute atomic E-state index is 2.49. The van der Waals surface area contributed by atoms with Gasteiger partial charge in [0.15, 0.2) is 0 Å². The SMILES string of the molecule is Cc1ccc(-c2ccccc2)cc1N(c1ccc2cc3c(cc2c1)-c1cc2ccc(-n4c5ccccc5c5ccccc54)cc2cc1-3)c1cc(C(C)(C)C)ccc1C. The number of para-hydroxylation sites is 2. The Morgan fingerprint density at radius 2 is 0.948 bits per heavy atom. The summed E-state index contributed by atoms with van der Waals surface area (Å²) in [6.07, 6.45) is 0. The molecule has 0 N–H and O–H groups in total. The number of aryl methyl sites for hydroxylation is 2. The van der Waals surface area contributed by atoms with E-state index in [0.29, 0.717) is 0 Å². The minimum absolute atomic E-state index is 0.0188. The molecule has 0 fully saturated rings. The summed E-state index contributed by atoms with van der Waals surface area (Å²) in [4.78, 5) is 2.49. The highest BCUT2D eigenvalue weighted by Crippen LogP contribution is 2.51. The second kappa shape index (κ2) is 12.8. The Kier molecular flexibility index (Phi) is 7.59. The molecule has 0 atom stereocenters. The fourth-order valence-electron chi connectivity index (χ4n) is 9.26. The molecule has 0 radical (unpaired) electrons. The van der Waals surface area contributed by atoms with E-state index >= 15 is 0 Å². The van der Waals surface area contributed by atoms with Gasteiger partial charge in [-0.3, -0.25) is 0 Å². The minimum atomic E-state index is 0.0188. The molecule has 2 nitrogen and oxygen atoms in total. The second-order valence-electron chi connectivity index (χ2n) is 17.2. The Balaban J connectivity index is 1.03. The smallest absolute Gasteiger partial charge is 0.0541 e. The van der Waals surface area contributed by atoms with Gasteiger partial charge in [0.2, 0.25) is 0 Å². The van der Waals surface area contributed by atoms with Gasteiger partial charge in [-0.25, -0.2) is 0 Å². The quantitative estimate of drug-likeness (QED) is 0.170. The molecular formula is C56H44N2. The van der Waals surface area contributed by atoms with Crippen molar-refractivity contribution < 1.29 is 0 Å². The standard InChI is InChI=1S/C56H44N2/c1-35-19-21-40(37-13-7-6-8-14-37)33-54(35)58(55-34-43(56(3,4)5)24-20-36(55)2)45-26-23-39-30-49-50-31-41-27-44(25-22-38(41)29-48(50)51(49)32-42(39)28-45)57-52-17-11-9-15-46(52)47-16-10-12-18-53(47)57/h6-34H,1-5H3. The second-order valence-corrected chi connectivity index (χ2v) is 17.2. The first-order chi connectivity index (χ1) is 28.2. The van der Waals surface area contributed by atoms with Crippen molar-refractivity contribution in [2.24, 2.45) is 0 Å². The molecular weight excluding hydrogens is 701 g/mol. The molecule has 9 aromatic carbocycles. The Morgan fingerprint density at radius 1 is 0.414 bits per heavy atom.